The first-order chi connectivity index (χ1) is 11.3. The average Bonchev–Trinajstić information content (AvgIpc) is 3.05. The van der Waals surface area contributed by atoms with Crippen molar-refractivity contribution in [2.75, 3.05) is 4.72 Å². The number of halogens is 4. The zero-order valence-electron chi connectivity index (χ0n) is 11.5. The first-order valence-electron chi connectivity index (χ1n) is 6.28. The molecule has 0 amide bonds. The van der Waals surface area contributed by atoms with Crippen LogP contribution in [0.5, 0.6) is 0 Å². The highest BCUT2D eigenvalue weighted by molar-refractivity contribution is 7.93. The highest BCUT2D eigenvalue weighted by Crippen LogP contribution is 2.41. The number of sulfonamides is 1. The second kappa shape index (κ2) is 7.03. The van der Waals surface area contributed by atoms with E-state index in [2.05, 4.69) is 4.72 Å². The molecule has 0 spiro atoms. The third-order valence-corrected chi connectivity index (χ3v) is 7.77. The van der Waals surface area contributed by atoms with Gasteiger partial charge in [0.25, 0.3) is 10.0 Å². The topological polar surface area (TPSA) is 46.2 Å². The lowest BCUT2D eigenvalue weighted by Gasteiger charge is -2.11. The van der Waals surface area contributed by atoms with E-state index in [1.54, 1.807) is 17.5 Å². The lowest BCUT2D eigenvalue weighted by molar-refractivity contribution is 0.601. The third-order valence-electron chi connectivity index (χ3n) is 2.94. The first kappa shape index (κ1) is 18.3. The van der Waals surface area contributed by atoms with E-state index in [0.717, 1.165) is 9.75 Å². The molecular weight excluding hydrogens is 452 g/mol. The average molecular weight is 459 g/mol. The van der Waals surface area contributed by atoms with Crippen LogP contribution < -0.4 is 4.72 Å². The minimum Gasteiger partial charge on any atom is -0.278 e. The van der Waals surface area contributed by atoms with E-state index in [-0.39, 0.29) is 20.0 Å². The summed E-state index contributed by atoms with van der Waals surface area (Å²) >= 11 is 26.6. The van der Waals surface area contributed by atoms with Gasteiger partial charge in [0.15, 0.2) is 0 Å². The van der Waals surface area contributed by atoms with E-state index in [1.807, 2.05) is 6.07 Å². The van der Waals surface area contributed by atoms with Gasteiger partial charge >= 0.3 is 0 Å². The molecule has 24 heavy (non-hydrogen) atoms. The van der Waals surface area contributed by atoms with Gasteiger partial charge in [0.05, 0.1) is 24.9 Å². The maximum absolute atomic E-state index is 12.7. The second-order valence-corrected chi connectivity index (χ2v) is 10.1. The SMILES string of the molecule is O=S(=O)(Nc1ccsc1-c1ccc(Cl)s1)c1c(Cl)cc(Cl)cc1Cl. The van der Waals surface area contributed by atoms with E-state index in [4.69, 9.17) is 46.4 Å². The summed E-state index contributed by atoms with van der Waals surface area (Å²) in [6, 6.07) is 7.92. The van der Waals surface area contributed by atoms with Gasteiger partial charge in [-0.2, -0.15) is 0 Å². The zero-order valence-corrected chi connectivity index (χ0v) is 17.0. The van der Waals surface area contributed by atoms with Crippen LogP contribution in [0.25, 0.3) is 9.75 Å². The third kappa shape index (κ3) is 3.70. The van der Waals surface area contributed by atoms with Gasteiger partial charge in [0.1, 0.15) is 4.90 Å². The number of rotatable bonds is 4. The van der Waals surface area contributed by atoms with Gasteiger partial charge in [0.2, 0.25) is 0 Å². The smallest absolute Gasteiger partial charge is 0.264 e. The molecule has 0 aliphatic heterocycles. The van der Waals surface area contributed by atoms with Crippen LogP contribution in [0.4, 0.5) is 5.69 Å². The molecule has 0 unspecified atom stereocenters. The Kier molecular flexibility index (Phi) is 5.37. The molecule has 0 aliphatic carbocycles. The first-order valence-corrected chi connectivity index (χ1v) is 11.0. The second-order valence-electron chi connectivity index (χ2n) is 4.57. The summed E-state index contributed by atoms with van der Waals surface area (Å²) in [5.74, 6) is 0. The van der Waals surface area contributed by atoms with Crippen LogP contribution in [0.2, 0.25) is 19.4 Å². The van der Waals surface area contributed by atoms with Gasteiger partial charge in [-0.25, -0.2) is 8.42 Å². The molecule has 0 bridgehead atoms. The lowest BCUT2D eigenvalue weighted by Crippen LogP contribution is -2.14. The molecule has 3 nitrogen and oxygen atoms in total. The van der Waals surface area contributed by atoms with Crippen molar-refractivity contribution in [3.05, 3.63) is 55.1 Å². The Morgan fingerprint density at radius 3 is 2.21 bits per heavy atom. The molecule has 0 atom stereocenters. The summed E-state index contributed by atoms with van der Waals surface area (Å²) in [6.45, 7) is 0. The molecule has 3 rings (SSSR count). The summed E-state index contributed by atoms with van der Waals surface area (Å²) in [6.07, 6.45) is 0. The molecule has 0 aliphatic rings. The number of hydrogen-bond donors (Lipinski definition) is 1. The predicted molar refractivity (Wildman–Crippen MR) is 105 cm³/mol. The molecule has 1 N–H and O–H groups in total. The standard InChI is InChI=1S/C14H7Cl4NO2S3/c15-7-5-8(16)14(9(17)6-7)24(20,21)19-10-3-4-22-13(10)11-1-2-12(18)23-11/h1-6,19H. The molecule has 2 heterocycles. The number of anilines is 1. The molecule has 1 aromatic carbocycles. The van der Waals surface area contributed by atoms with Crippen molar-refractivity contribution >= 4 is 84.8 Å². The van der Waals surface area contributed by atoms with Crippen molar-refractivity contribution in [3.63, 3.8) is 0 Å². The molecule has 10 heteroatoms. The fraction of sp³-hybridized carbons (Fsp3) is 0. The van der Waals surface area contributed by atoms with Gasteiger partial charge in [0, 0.05) is 9.90 Å². The van der Waals surface area contributed by atoms with Crippen LogP contribution in [-0.4, -0.2) is 8.42 Å². The molecule has 126 valence electrons. The van der Waals surface area contributed by atoms with E-state index in [1.165, 1.54) is 34.8 Å². The van der Waals surface area contributed by atoms with Gasteiger partial charge in [-0.15, -0.1) is 22.7 Å². The molecule has 2 aromatic heterocycles. The number of thiophene rings is 2. The highest BCUT2D eigenvalue weighted by Gasteiger charge is 2.24. The lowest BCUT2D eigenvalue weighted by atomic mass is 10.3. The number of benzene rings is 1. The van der Waals surface area contributed by atoms with Gasteiger partial charge < -0.3 is 0 Å². The summed E-state index contributed by atoms with van der Waals surface area (Å²) < 4.78 is 28.5. The summed E-state index contributed by atoms with van der Waals surface area (Å²) in [7, 11) is -3.98. The van der Waals surface area contributed by atoms with Gasteiger partial charge in [-0.1, -0.05) is 46.4 Å². The summed E-state index contributed by atoms with van der Waals surface area (Å²) in [5.41, 5.74) is 0.431. The van der Waals surface area contributed by atoms with E-state index < -0.39 is 10.0 Å². The molecule has 0 fully saturated rings. The largest absolute Gasteiger partial charge is 0.278 e. The van der Waals surface area contributed by atoms with Crippen molar-refractivity contribution in [3.8, 4) is 9.75 Å². The predicted octanol–water partition coefficient (Wildman–Crippen LogP) is 6.89. The monoisotopic (exact) mass is 457 g/mol. The van der Waals surface area contributed by atoms with Crippen LogP contribution in [0.1, 0.15) is 0 Å². The Hall–Kier alpha value is -0.470. The number of nitrogens with one attached hydrogen (secondary N) is 1. The quantitative estimate of drug-likeness (QED) is 0.462. The highest BCUT2D eigenvalue weighted by atomic mass is 35.5. The van der Waals surface area contributed by atoms with Crippen LogP contribution in [0.15, 0.2) is 40.6 Å². The molecule has 3 aromatic rings. The van der Waals surface area contributed by atoms with Gasteiger partial charge in [-0.3, -0.25) is 4.72 Å². The minimum atomic E-state index is -3.98. The zero-order chi connectivity index (χ0) is 17.5. The summed E-state index contributed by atoms with van der Waals surface area (Å²) in [4.78, 5) is 1.41. The molecule has 0 radical (unpaired) electrons. The molecule has 0 saturated carbocycles. The van der Waals surface area contributed by atoms with Crippen LogP contribution in [0.3, 0.4) is 0 Å². The molecular formula is C14H7Cl4NO2S3. The Labute approximate surface area is 166 Å². The van der Waals surface area contributed by atoms with E-state index in [0.29, 0.717) is 10.0 Å². The summed E-state index contributed by atoms with van der Waals surface area (Å²) in [5, 5.41) is 1.95. The Balaban J connectivity index is 2.02. The fourth-order valence-corrected chi connectivity index (χ4v) is 6.72. The van der Waals surface area contributed by atoms with Gasteiger partial charge in [-0.05, 0) is 35.7 Å². The normalized spacial score (nSPS) is 11.7. The maximum atomic E-state index is 12.7. The van der Waals surface area contributed by atoms with Crippen molar-refractivity contribution in [1.82, 2.24) is 0 Å². The Morgan fingerprint density at radius 1 is 0.958 bits per heavy atom. The van der Waals surface area contributed by atoms with Crippen molar-refractivity contribution < 1.29 is 8.42 Å². The van der Waals surface area contributed by atoms with Crippen molar-refractivity contribution in [2.24, 2.45) is 0 Å². The van der Waals surface area contributed by atoms with Crippen molar-refractivity contribution in [1.29, 1.82) is 0 Å². The van der Waals surface area contributed by atoms with E-state index >= 15 is 0 Å². The van der Waals surface area contributed by atoms with Crippen LogP contribution >= 0.6 is 69.1 Å². The van der Waals surface area contributed by atoms with Crippen molar-refractivity contribution in [2.45, 2.75) is 4.90 Å². The Morgan fingerprint density at radius 2 is 1.62 bits per heavy atom. The molecule has 0 saturated heterocycles. The maximum Gasteiger partial charge on any atom is 0.264 e. The van der Waals surface area contributed by atoms with Crippen LogP contribution in [-0.2, 0) is 10.0 Å². The number of hydrogen-bond acceptors (Lipinski definition) is 4. The Bertz CT molecular complexity index is 988. The van der Waals surface area contributed by atoms with Crippen LogP contribution in [0, 0.1) is 0 Å². The fourth-order valence-electron chi connectivity index (χ4n) is 2.00. The van der Waals surface area contributed by atoms with E-state index in [9.17, 15) is 8.42 Å². The minimum absolute atomic E-state index is 0.0454.